The predicted octanol–water partition coefficient (Wildman–Crippen LogP) is 2.08. The standard InChI is InChI=1S/C17H21N3O3/c1-5-12(3)18-17(22)16-14(21)10-15(23-4)20(19-16)13-8-6-11(2)7-9-13/h6-10,12H,5H2,1-4H3,(H,18,22)/t12-/m0/s1. The summed E-state index contributed by atoms with van der Waals surface area (Å²) < 4.78 is 6.67. The minimum atomic E-state index is -0.479. The van der Waals surface area contributed by atoms with Crippen molar-refractivity contribution in [2.24, 2.45) is 0 Å². The summed E-state index contributed by atoms with van der Waals surface area (Å²) in [6.07, 6.45) is 0.772. The van der Waals surface area contributed by atoms with E-state index < -0.39 is 11.3 Å². The Kier molecular flexibility index (Phi) is 5.16. The second-order valence-corrected chi connectivity index (χ2v) is 5.43. The molecule has 0 spiro atoms. The number of hydrogen-bond acceptors (Lipinski definition) is 4. The van der Waals surface area contributed by atoms with Crippen molar-refractivity contribution in [3.05, 3.63) is 51.8 Å². The quantitative estimate of drug-likeness (QED) is 0.917. The summed E-state index contributed by atoms with van der Waals surface area (Å²) in [5.74, 6) is -0.202. The minimum Gasteiger partial charge on any atom is -0.481 e. The smallest absolute Gasteiger partial charge is 0.276 e. The van der Waals surface area contributed by atoms with Crippen LogP contribution in [0.25, 0.3) is 5.69 Å². The van der Waals surface area contributed by atoms with Crippen LogP contribution in [0.3, 0.4) is 0 Å². The van der Waals surface area contributed by atoms with E-state index in [0.29, 0.717) is 5.69 Å². The number of nitrogens with one attached hydrogen (secondary N) is 1. The molecule has 6 nitrogen and oxygen atoms in total. The van der Waals surface area contributed by atoms with Gasteiger partial charge in [-0.3, -0.25) is 9.59 Å². The molecule has 2 aromatic rings. The van der Waals surface area contributed by atoms with Gasteiger partial charge in [-0.15, -0.1) is 0 Å². The minimum absolute atomic E-state index is 0.0290. The van der Waals surface area contributed by atoms with Gasteiger partial charge in [0.05, 0.1) is 18.9 Å². The SMILES string of the molecule is CC[C@H](C)NC(=O)c1nn(-c2ccc(C)cc2)c(OC)cc1=O. The summed E-state index contributed by atoms with van der Waals surface area (Å²) in [5, 5.41) is 6.95. The molecule has 0 saturated heterocycles. The van der Waals surface area contributed by atoms with Crippen LogP contribution in [0.15, 0.2) is 35.1 Å². The van der Waals surface area contributed by atoms with E-state index >= 15 is 0 Å². The van der Waals surface area contributed by atoms with Crippen LogP contribution >= 0.6 is 0 Å². The van der Waals surface area contributed by atoms with Gasteiger partial charge in [-0.1, -0.05) is 24.6 Å². The number of hydrogen-bond donors (Lipinski definition) is 1. The van der Waals surface area contributed by atoms with Gasteiger partial charge in [0.2, 0.25) is 11.3 Å². The third-order valence-corrected chi connectivity index (χ3v) is 3.59. The highest BCUT2D eigenvalue weighted by Gasteiger charge is 2.18. The second-order valence-electron chi connectivity index (χ2n) is 5.43. The Morgan fingerprint density at radius 1 is 1.35 bits per heavy atom. The number of aryl methyl sites for hydroxylation is 1. The summed E-state index contributed by atoms with van der Waals surface area (Å²) in [6.45, 7) is 5.81. The third-order valence-electron chi connectivity index (χ3n) is 3.59. The monoisotopic (exact) mass is 315 g/mol. The molecule has 1 atom stereocenters. The molecule has 1 heterocycles. The fourth-order valence-corrected chi connectivity index (χ4v) is 2.01. The molecule has 1 N–H and O–H groups in total. The van der Waals surface area contributed by atoms with Crippen molar-refractivity contribution in [1.29, 1.82) is 0 Å². The lowest BCUT2D eigenvalue weighted by Gasteiger charge is -2.14. The van der Waals surface area contributed by atoms with Crippen molar-refractivity contribution >= 4 is 5.91 Å². The fourth-order valence-electron chi connectivity index (χ4n) is 2.01. The fraction of sp³-hybridized carbons (Fsp3) is 0.353. The van der Waals surface area contributed by atoms with Gasteiger partial charge in [-0.05, 0) is 32.4 Å². The first kappa shape index (κ1) is 16.7. The van der Waals surface area contributed by atoms with Gasteiger partial charge in [0.15, 0.2) is 5.69 Å². The molecule has 0 fully saturated rings. The molecule has 1 aromatic heterocycles. The number of nitrogens with zero attached hydrogens (tertiary/aromatic N) is 2. The molecule has 0 radical (unpaired) electrons. The number of aromatic nitrogens is 2. The maximum Gasteiger partial charge on any atom is 0.276 e. The first-order chi connectivity index (χ1) is 11.0. The molecule has 1 amide bonds. The molecule has 0 aliphatic rings. The zero-order chi connectivity index (χ0) is 17.0. The molecule has 6 heteroatoms. The summed E-state index contributed by atoms with van der Waals surface area (Å²) in [7, 11) is 1.46. The molecule has 2 rings (SSSR count). The topological polar surface area (TPSA) is 73.2 Å². The zero-order valence-corrected chi connectivity index (χ0v) is 13.8. The van der Waals surface area contributed by atoms with E-state index in [0.717, 1.165) is 12.0 Å². The molecular weight excluding hydrogens is 294 g/mol. The van der Waals surface area contributed by atoms with Gasteiger partial charge < -0.3 is 10.1 Å². The van der Waals surface area contributed by atoms with Gasteiger partial charge in [-0.2, -0.15) is 5.10 Å². The molecule has 23 heavy (non-hydrogen) atoms. The Balaban J connectivity index is 2.50. The highest BCUT2D eigenvalue weighted by atomic mass is 16.5. The van der Waals surface area contributed by atoms with E-state index in [4.69, 9.17) is 4.74 Å². The highest BCUT2D eigenvalue weighted by Crippen LogP contribution is 2.15. The van der Waals surface area contributed by atoms with E-state index in [1.165, 1.54) is 17.9 Å². The largest absolute Gasteiger partial charge is 0.481 e. The number of amides is 1. The number of carbonyl (C=O) groups is 1. The molecular formula is C17H21N3O3. The lowest BCUT2D eigenvalue weighted by molar-refractivity contribution is 0.0931. The Morgan fingerprint density at radius 3 is 2.57 bits per heavy atom. The van der Waals surface area contributed by atoms with E-state index in [1.54, 1.807) is 0 Å². The number of benzene rings is 1. The number of methoxy groups -OCH3 is 1. The zero-order valence-electron chi connectivity index (χ0n) is 13.8. The van der Waals surface area contributed by atoms with Crippen LogP contribution in [-0.4, -0.2) is 28.8 Å². The molecule has 0 unspecified atom stereocenters. The van der Waals surface area contributed by atoms with Crippen molar-refractivity contribution in [3.8, 4) is 11.6 Å². The van der Waals surface area contributed by atoms with Crippen LogP contribution in [0.2, 0.25) is 0 Å². The van der Waals surface area contributed by atoms with Gasteiger partial charge >= 0.3 is 0 Å². The highest BCUT2D eigenvalue weighted by molar-refractivity contribution is 5.92. The van der Waals surface area contributed by atoms with Crippen LogP contribution in [0.5, 0.6) is 5.88 Å². The van der Waals surface area contributed by atoms with Gasteiger partial charge in [-0.25, -0.2) is 4.68 Å². The van der Waals surface area contributed by atoms with Crippen LogP contribution in [-0.2, 0) is 0 Å². The predicted molar refractivity (Wildman–Crippen MR) is 88.3 cm³/mol. The second kappa shape index (κ2) is 7.09. The number of rotatable bonds is 5. The Bertz CT molecular complexity index is 751. The van der Waals surface area contributed by atoms with Gasteiger partial charge in [0, 0.05) is 6.04 Å². The molecule has 1 aromatic carbocycles. The summed E-state index contributed by atoms with van der Waals surface area (Å²) in [4.78, 5) is 24.4. The van der Waals surface area contributed by atoms with Crippen molar-refractivity contribution < 1.29 is 9.53 Å². The molecule has 0 aliphatic carbocycles. The van der Waals surface area contributed by atoms with Crippen LogP contribution < -0.4 is 15.5 Å². The maximum atomic E-state index is 12.2. The van der Waals surface area contributed by atoms with Crippen LogP contribution in [0, 0.1) is 6.92 Å². The Hall–Kier alpha value is -2.63. The average Bonchev–Trinajstić information content (AvgIpc) is 2.55. The van der Waals surface area contributed by atoms with Gasteiger partial charge in [0.25, 0.3) is 5.91 Å². The molecule has 122 valence electrons. The Labute approximate surface area is 135 Å². The first-order valence-corrected chi connectivity index (χ1v) is 7.52. The lowest BCUT2D eigenvalue weighted by atomic mass is 10.2. The molecule has 0 bridgehead atoms. The normalized spacial score (nSPS) is 11.8. The third kappa shape index (κ3) is 3.77. The Morgan fingerprint density at radius 2 is 2.00 bits per heavy atom. The summed E-state index contributed by atoms with van der Waals surface area (Å²) in [5.41, 5.74) is 1.20. The first-order valence-electron chi connectivity index (χ1n) is 7.52. The van der Waals surface area contributed by atoms with E-state index in [1.807, 2.05) is 45.0 Å². The van der Waals surface area contributed by atoms with Crippen LogP contribution in [0.1, 0.15) is 36.3 Å². The maximum absolute atomic E-state index is 12.2. The lowest BCUT2D eigenvalue weighted by Crippen LogP contribution is -2.36. The number of ether oxygens (including phenoxy) is 1. The summed E-state index contributed by atoms with van der Waals surface area (Å²) >= 11 is 0. The van der Waals surface area contributed by atoms with Gasteiger partial charge in [0.1, 0.15) is 0 Å². The van der Waals surface area contributed by atoms with Crippen molar-refractivity contribution in [1.82, 2.24) is 15.1 Å². The van der Waals surface area contributed by atoms with Crippen molar-refractivity contribution in [2.45, 2.75) is 33.2 Å². The molecule has 0 aliphatic heterocycles. The van der Waals surface area contributed by atoms with E-state index in [-0.39, 0.29) is 17.6 Å². The van der Waals surface area contributed by atoms with E-state index in [2.05, 4.69) is 10.4 Å². The van der Waals surface area contributed by atoms with Crippen molar-refractivity contribution in [2.75, 3.05) is 7.11 Å². The average molecular weight is 315 g/mol. The molecule has 0 saturated carbocycles. The van der Waals surface area contributed by atoms with Crippen LogP contribution in [0.4, 0.5) is 0 Å². The number of carbonyl (C=O) groups excluding carboxylic acids is 1. The van der Waals surface area contributed by atoms with E-state index in [9.17, 15) is 9.59 Å². The summed E-state index contributed by atoms with van der Waals surface area (Å²) in [6, 6.07) is 8.80. The van der Waals surface area contributed by atoms with Crippen molar-refractivity contribution in [3.63, 3.8) is 0 Å².